The van der Waals surface area contributed by atoms with E-state index in [0.717, 1.165) is 0 Å². The van der Waals surface area contributed by atoms with Crippen LogP contribution in [0.1, 0.15) is 28.9 Å². The minimum atomic E-state index is -0.607. The fourth-order valence-electron chi connectivity index (χ4n) is 3.36. The quantitative estimate of drug-likeness (QED) is 0.465. The highest BCUT2D eigenvalue weighted by Crippen LogP contribution is 2.36. The maximum atomic E-state index is 13.4. The first-order chi connectivity index (χ1) is 14.9. The summed E-state index contributed by atoms with van der Waals surface area (Å²) in [7, 11) is 4.40. The summed E-state index contributed by atoms with van der Waals surface area (Å²) in [6.07, 6.45) is 0. The molecule has 3 rings (SSSR count). The second-order valence-corrected chi connectivity index (χ2v) is 7.08. The van der Waals surface area contributed by atoms with Gasteiger partial charge in [0.2, 0.25) is 0 Å². The van der Waals surface area contributed by atoms with Crippen LogP contribution in [0.15, 0.2) is 53.7 Å². The van der Waals surface area contributed by atoms with E-state index in [-0.39, 0.29) is 5.56 Å². The number of esters is 1. The van der Waals surface area contributed by atoms with Gasteiger partial charge < -0.3 is 30.2 Å². The lowest BCUT2D eigenvalue weighted by atomic mass is 9.93. The Balaban J connectivity index is 2.04. The molecular weight excluding hydrogens is 418 g/mol. The van der Waals surface area contributed by atoms with E-state index in [1.165, 1.54) is 7.11 Å². The summed E-state index contributed by atoms with van der Waals surface area (Å²) in [4.78, 5) is 25.5. The Kier molecular flexibility index (Phi) is 6.76. The SMILES string of the molecule is COC(=O)c1ccccc1NC(=O)C1=C(C)NC(=S)NC1c1cc(OC)ccc1OC. The van der Waals surface area contributed by atoms with Gasteiger partial charge >= 0.3 is 5.97 Å². The molecule has 0 aliphatic carbocycles. The van der Waals surface area contributed by atoms with E-state index in [4.69, 9.17) is 26.4 Å². The minimum absolute atomic E-state index is 0.249. The lowest BCUT2D eigenvalue weighted by molar-refractivity contribution is -0.113. The number of hydrogen-bond acceptors (Lipinski definition) is 6. The van der Waals surface area contributed by atoms with Crippen molar-refractivity contribution in [3.05, 3.63) is 64.9 Å². The molecule has 2 aromatic rings. The fourth-order valence-corrected chi connectivity index (χ4v) is 3.63. The molecule has 3 N–H and O–H groups in total. The van der Waals surface area contributed by atoms with Crippen LogP contribution < -0.4 is 25.4 Å². The highest BCUT2D eigenvalue weighted by molar-refractivity contribution is 7.80. The Labute approximate surface area is 185 Å². The Morgan fingerprint density at radius 3 is 2.48 bits per heavy atom. The molecule has 8 nitrogen and oxygen atoms in total. The maximum Gasteiger partial charge on any atom is 0.339 e. The average molecular weight is 442 g/mol. The minimum Gasteiger partial charge on any atom is -0.497 e. The number of amides is 1. The van der Waals surface area contributed by atoms with Crippen molar-refractivity contribution in [3.63, 3.8) is 0 Å². The van der Waals surface area contributed by atoms with Gasteiger partial charge in [0.15, 0.2) is 5.11 Å². The molecule has 0 bridgehead atoms. The van der Waals surface area contributed by atoms with E-state index in [9.17, 15) is 9.59 Å². The van der Waals surface area contributed by atoms with Crippen LogP contribution in [0.5, 0.6) is 11.5 Å². The third-order valence-electron chi connectivity index (χ3n) is 4.84. The van der Waals surface area contributed by atoms with Crippen molar-refractivity contribution in [1.29, 1.82) is 0 Å². The Hall–Kier alpha value is -3.59. The first-order valence-electron chi connectivity index (χ1n) is 9.38. The smallest absolute Gasteiger partial charge is 0.339 e. The van der Waals surface area contributed by atoms with Gasteiger partial charge in [0.1, 0.15) is 11.5 Å². The molecule has 0 saturated carbocycles. The second-order valence-electron chi connectivity index (χ2n) is 6.67. The van der Waals surface area contributed by atoms with Crippen molar-refractivity contribution >= 4 is 34.9 Å². The van der Waals surface area contributed by atoms with Crippen LogP contribution in [0, 0.1) is 0 Å². The van der Waals surface area contributed by atoms with Crippen molar-refractivity contribution in [1.82, 2.24) is 10.6 Å². The van der Waals surface area contributed by atoms with Crippen molar-refractivity contribution < 1.29 is 23.8 Å². The lowest BCUT2D eigenvalue weighted by Gasteiger charge is -2.31. The monoisotopic (exact) mass is 441 g/mol. The first-order valence-corrected chi connectivity index (χ1v) is 9.79. The van der Waals surface area contributed by atoms with Crippen LogP contribution in [0.4, 0.5) is 5.69 Å². The summed E-state index contributed by atoms with van der Waals surface area (Å²) >= 11 is 5.32. The number of allylic oxidation sites excluding steroid dienone is 1. The zero-order chi connectivity index (χ0) is 22.5. The van der Waals surface area contributed by atoms with Gasteiger partial charge in [-0.25, -0.2) is 4.79 Å². The number of anilines is 1. The van der Waals surface area contributed by atoms with Crippen LogP contribution in [0.3, 0.4) is 0 Å². The normalized spacial score (nSPS) is 15.5. The zero-order valence-electron chi connectivity index (χ0n) is 17.6. The zero-order valence-corrected chi connectivity index (χ0v) is 18.4. The molecule has 2 aromatic carbocycles. The Morgan fingerprint density at radius 1 is 1.06 bits per heavy atom. The van der Waals surface area contributed by atoms with E-state index in [2.05, 4.69) is 16.0 Å². The van der Waals surface area contributed by atoms with Crippen molar-refractivity contribution in [3.8, 4) is 11.5 Å². The topological polar surface area (TPSA) is 97.9 Å². The molecule has 1 aliphatic heterocycles. The lowest BCUT2D eigenvalue weighted by Crippen LogP contribution is -2.46. The predicted octanol–water partition coefficient (Wildman–Crippen LogP) is 2.92. The van der Waals surface area contributed by atoms with Crippen LogP contribution >= 0.6 is 12.2 Å². The number of thiocarbonyl (C=S) groups is 1. The van der Waals surface area contributed by atoms with Crippen LogP contribution in [0.2, 0.25) is 0 Å². The van der Waals surface area contributed by atoms with Crippen LogP contribution in [-0.4, -0.2) is 38.3 Å². The average Bonchev–Trinajstić information content (AvgIpc) is 2.77. The Morgan fingerprint density at radius 2 is 1.81 bits per heavy atom. The molecule has 0 fully saturated rings. The molecule has 1 unspecified atom stereocenters. The summed E-state index contributed by atoms with van der Waals surface area (Å²) in [6.45, 7) is 1.76. The fraction of sp³-hybridized carbons (Fsp3) is 0.227. The van der Waals surface area contributed by atoms with Gasteiger partial charge in [-0.15, -0.1) is 0 Å². The van der Waals surface area contributed by atoms with Crippen molar-refractivity contribution in [2.24, 2.45) is 0 Å². The molecule has 0 radical (unpaired) electrons. The molecule has 1 aliphatic rings. The van der Waals surface area contributed by atoms with Gasteiger partial charge in [-0.2, -0.15) is 0 Å². The number of benzene rings is 2. The molecular formula is C22H23N3O5S. The van der Waals surface area contributed by atoms with E-state index < -0.39 is 17.9 Å². The molecule has 1 atom stereocenters. The molecule has 0 spiro atoms. The van der Waals surface area contributed by atoms with Gasteiger partial charge in [-0.05, 0) is 49.5 Å². The van der Waals surface area contributed by atoms with Gasteiger partial charge in [-0.1, -0.05) is 12.1 Å². The predicted molar refractivity (Wildman–Crippen MR) is 120 cm³/mol. The number of nitrogens with one attached hydrogen (secondary N) is 3. The largest absolute Gasteiger partial charge is 0.497 e. The summed E-state index contributed by atoms with van der Waals surface area (Å²) in [5.74, 6) is 0.214. The molecule has 1 heterocycles. The van der Waals surface area contributed by atoms with E-state index in [0.29, 0.717) is 39.1 Å². The molecule has 162 valence electrons. The summed E-state index contributed by atoms with van der Waals surface area (Å²) in [6, 6.07) is 11.3. The van der Waals surface area contributed by atoms with Crippen molar-refractivity contribution in [2.45, 2.75) is 13.0 Å². The summed E-state index contributed by atoms with van der Waals surface area (Å²) in [5.41, 5.74) is 2.23. The molecule has 1 amide bonds. The highest BCUT2D eigenvalue weighted by Gasteiger charge is 2.32. The van der Waals surface area contributed by atoms with Crippen LogP contribution in [-0.2, 0) is 9.53 Å². The van der Waals surface area contributed by atoms with Gasteiger partial charge in [0.05, 0.1) is 44.2 Å². The van der Waals surface area contributed by atoms with Crippen LogP contribution in [0.25, 0.3) is 0 Å². The van der Waals surface area contributed by atoms with Gasteiger partial charge in [-0.3, -0.25) is 4.79 Å². The molecule has 9 heteroatoms. The number of ether oxygens (including phenoxy) is 3. The third-order valence-corrected chi connectivity index (χ3v) is 5.06. The number of hydrogen-bond donors (Lipinski definition) is 3. The van der Waals surface area contributed by atoms with E-state index >= 15 is 0 Å². The second kappa shape index (κ2) is 9.48. The molecule has 31 heavy (non-hydrogen) atoms. The van der Waals surface area contributed by atoms with Gasteiger partial charge in [0, 0.05) is 11.3 Å². The summed E-state index contributed by atoms with van der Waals surface area (Å²) in [5, 5.41) is 9.30. The molecule has 0 aromatic heterocycles. The van der Waals surface area contributed by atoms with Crippen molar-refractivity contribution in [2.75, 3.05) is 26.6 Å². The Bertz CT molecular complexity index is 1070. The number of carbonyl (C=O) groups excluding carboxylic acids is 2. The first kappa shape index (κ1) is 22.1. The number of rotatable bonds is 6. The number of para-hydroxylation sites is 1. The molecule has 0 saturated heterocycles. The number of methoxy groups -OCH3 is 3. The third kappa shape index (κ3) is 4.61. The van der Waals surface area contributed by atoms with E-state index in [1.54, 1.807) is 63.6 Å². The van der Waals surface area contributed by atoms with Gasteiger partial charge in [0.25, 0.3) is 5.91 Å². The maximum absolute atomic E-state index is 13.4. The highest BCUT2D eigenvalue weighted by atomic mass is 32.1. The van der Waals surface area contributed by atoms with E-state index in [1.807, 2.05) is 0 Å². The standard InChI is InChI=1S/C22H23N3O5S/c1-12-18(20(26)24-16-8-6-5-7-14(16)21(27)30-4)19(25-22(31)23-12)15-11-13(28-2)9-10-17(15)29-3/h5-11,19H,1-4H3,(H,24,26)(H2,23,25,31). The summed E-state index contributed by atoms with van der Waals surface area (Å²) < 4.78 is 15.7. The number of carbonyl (C=O) groups is 2.